The number of hydrogen-bond acceptors (Lipinski definition) is 2. The van der Waals surface area contributed by atoms with Gasteiger partial charge < -0.3 is 5.32 Å². The normalized spacial score (nSPS) is 11.4. The molecule has 0 bridgehead atoms. The lowest BCUT2D eigenvalue weighted by molar-refractivity contribution is 0.0937. The summed E-state index contributed by atoms with van der Waals surface area (Å²) in [5.41, 5.74) is 1.43. The minimum atomic E-state index is -0.0738. The highest BCUT2D eigenvalue weighted by atomic mass is 35.5. The SMILES string of the molecule is CCc1cc(C(=O)NCC(C(C)C)C(C)C)cc(Cl)n1. The zero-order valence-electron chi connectivity index (χ0n) is 13.0. The van der Waals surface area contributed by atoms with Crippen LogP contribution in [0.1, 0.15) is 50.7 Å². The van der Waals surface area contributed by atoms with Crippen molar-refractivity contribution >= 4 is 17.5 Å². The number of carbonyl (C=O) groups excluding carboxylic acids is 1. The monoisotopic (exact) mass is 296 g/mol. The van der Waals surface area contributed by atoms with Crippen LogP contribution in [-0.4, -0.2) is 17.4 Å². The van der Waals surface area contributed by atoms with Crippen LogP contribution in [0.15, 0.2) is 12.1 Å². The van der Waals surface area contributed by atoms with Gasteiger partial charge in [-0.1, -0.05) is 46.2 Å². The predicted molar refractivity (Wildman–Crippen MR) is 84.1 cm³/mol. The fraction of sp³-hybridized carbons (Fsp3) is 0.625. The van der Waals surface area contributed by atoms with E-state index in [2.05, 4.69) is 38.0 Å². The van der Waals surface area contributed by atoms with Crippen LogP contribution in [0.3, 0.4) is 0 Å². The molecule has 0 saturated carbocycles. The van der Waals surface area contributed by atoms with Gasteiger partial charge in [0.15, 0.2) is 0 Å². The van der Waals surface area contributed by atoms with Gasteiger partial charge in [-0.05, 0) is 36.3 Å². The van der Waals surface area contributed by atoms with Crippen molar-refractivity contribution in [1.82, 2.24) is 10.3 Å². The number of halogens is 1. The summed E-state index contributed by atoms with van der Waals surface area (Å²) in [6.07, 6.45) is 0.765. The summed E-state index contributed by atoms with van der Waals surface area (Å²) in [6.45, 7) is 11.4. The third-order valence-electron chi connectivity index (χ3n) is 3.68. The Morgan fingerprint density at radius 2 is 1.85 bits per heavy atom. The first-order chi connectivity index (χ1) is 9.35. The van der Waals surface area contributed by atoms with Gasteiger partial charge in [-0.15, -0.1) is 0 Å². The van der Waals surface area contributed by atoms with E-state index in [4.69, 9.17) is 11.6 Å². The van der Waals surface area contributed by atoms with E-state index < -0.39 is 0 Å². The topological polar surface area (TPSA) is 42.0 Å². The average molecular weight is 297 g/mol. The zero-order valence-corrected chi connectivity index (χ0v) is 13.8. The number of aromatic nitrogens is 1. The van der Waals surface area contributed by atoms with Crippen LogP contribution < -0.4 is 5.32 Å². The summed E-state index contributed by atoms with van der Waals surface area (Å²) >= 11 is 5.95. The highest BCUT2D eigenvalue weighted by molar-refractivity contribution is 6.29. The highest BCUT2D eigenvalue weighted by Crippen LogP contribution is 2.19. The molecule has 1 N–H and O–H groups in total. The third kappa shape index (κ3) is 4.78. The van der Waals surface area contributed by atoms with Crippen molar-refractivity contribution in [1.29, 1.82) is 0 Å². The van der Waals surface area contributed by atoms with E-state index in [1.165, 1.54) is 0 Å². The first kappa shape index (κ1) is 17.0. The van der Waals surface area contributed by atoms with Gasteiger partial charge in [0.05, 0.1) is 0 Å². The van der Waals surface area contributed by atoms with Crippen molar-refractivity contribution in [2.24, 2.45) is 17.8 Å². The molecule has 20 heavy (non-hydrogen) atoms. The first-order valence-electron chi connectivity index (χ1n) is 7.29. The van der Waals surface area contributed by atoms with E-state index in [1.54, 1.807) is 12.1 Å². The van der Waals surface area contributed by atoms with Crippen LogP contribution in [0.25, 0.3) is 0 Å². The van der Waals surface area contributed by atoms with Crippen molar-refractivity contribution < 1.29 is 4.79 Å². The molecular formula is C16H25ClN2O. The standard InChI is InChI=1S/C16H25ClN2O/c1-6-13-7-12(8-15(17)19-13)16(20)18-9-14(10(2)3)11(4)5/h7-8,10-11,14H,6,9H2,1-5H3,(H,18,20). The quantitative estimate of drug-likeness (QED) is 0.808. The molecule has 1 rings (SSSR count). The van der Waals surface area contributed by atoms with Gasteiger partial charge in [0.25, 0.3) is 5.91 Å². The van der Waals surface area contributed by atoms with E-state index in [-0.39, 0.29) is 5.91 Å². The van der Waals surface area contributed by atoms with Gasteiger partial charge in [0.1, 0.15) is 5.15 Å². The molecule has 1 amide bonds. The summed E-state index contributed by atoms with van der Waals surface area (Å²) in [5, 5.41) is 3.39. The minimum Gasteiger partial charge on any atom is -0.352 e. The Labute approximate surface area is 127 Å². The van der Waals surface area contributed by atoms with Gasteiger partial charge in [-0.2, -0.15) is 0 Å². The lowest BCUT2D eigenvalue weighted by Crippen LogP contribution is -2.34. The maximum atomic E-state index is 12.2. The second-order valence-electron chi connectivity index (χ2n) is 5.89. The number of nitrogens with zero attached hydrogens (tertiary/aromatic N) is 1. The third-order valence-corrected chi connectivity index (χ3v) is 3.88. The number of amides is 1. The molecule has 0 unspecified atom stereocenters. The average Bonchev–Trinajstić information content (AvgIpc) is 2.37. The molecule has 3 nitrogen and oxygen atoms in total. The van der Waals surface area contributed by atoms with Crippen molar-refractivity contribution in [3.8, 4) is 0 Å². The molecule has 0 spiro atoms. The smallest absolute Gasteiger partial charge is 0.251 e. The molecule has 0 radical (unpaired) electrons. The number of aryl methyl sites for hydroxylation is 1. The van der Waals surface area contributed by atoms with Crippen LogP contribution in [-0.2, 0) is 6.42 Å². The molecular weight excluding hydrogens is 272 g/mol. The van der Waals surface area contributed by atoms with Gasteiger partial charge in [-0.3, -0.25) is 4.79 Å². The summed E-state index contributed by atoms with van der Waals surface area (Å²) < 4.78 is 0. The Kier molecular flexibility index (Phi) is 6.47. The highest BCUT2D eigenvalue weighted by Gasteiger charge is 2.18. The van der Waals surface area contributed by atoms with Crippen molar-refractivity contribution in [3.63, 3.8) is 0 Å². The fourth-order valence-electron chi connectivity index (χ4n) is 2.42. The van der Waals surface area contributed by atoms with Crippen molar-refractivity contribution in [2.45, 2.75) is 41.0 Å². The van der Waals surface area contributed by atoms with E-state index in [0.717, 1.165) is 12.1 Å². The second-order valence-corrected chi connectivity index (χ2v) is 6.27. The summed E-state index contributed by atoms with van der Waals surface area (Å²) in [4.78, 5) is 16.4. The lowest BCUT2D eigenvalue weighted by atomic mass is 9.85. The van der Waals surface area contributed by atoms with Crippen LogP contribution in [0.2, 0.25) is 5.15 Å². The van der Waals surface area contributed by atoms with Crippen LogP contribution in [0, 0.1) is 17.8 Å². The Bertz CT molecular complexity index is 450. The van der Waals surface area contributed by atoms with Crippen molar-refractivity contribution in [2.75, 3.05) is 6.54 Å². The van der Waals surface area contributed by atoms with Crippen LogP contribution in [0.5, 0.6) is 0 Å². The predicted octanol–water partition coefficient (Wildman–Crippen LogP) is 3.96. The Morgan fingerprint density at radius 3 is 2.35 bits per heavy atom. The Hall–Kier alpha value is -1.09. The van der Waals surface area contributed by atoms with Gasteiger partial charge in [0.2, 0.25) is 0 Å². The summed E-state index contributed by atoms with van der Waals surface area (Å²) in [5.74, 6) is 1.49. The number of hydrogen-bond donors (Lipinski definition) is 1. The molecule has 0 atom stereocenters. The lowest BCUT2D eigenvalue weighted by Gasteiger charge is -2.25. The summed E-state index contributed by atoms with van der Waals surface area (Å²) in [6, 6.07) is 3.43. The first-order valence-corrected chi connectivity index (χ1v) is 7.67. The number of nitrogens with one attached hydrogen (secondary N) is 1. The molecule has 0 aliphatic rings. The molecule has 1 aromatic rings. The molecule has 0 aliphatic heterocycles. The molecule has 0 aliphatic carbocycles. The Balaban J connectivity index is 2.74. The molecule has 0 aromatic carbocycles. The van der Waals surface area contributed by atoms with Gasteiger partial charge >= 0.3 is 0 Å². The molecule has 1 aromatic heterocycles. The van der Waals surface area contributed by atoms with Gasteiger partial charge in [0, 0.05) is 17.8 Å². The largest absolute Gasteiger partial charge is 0.352 e. The van der Waals surface area contributed by atoms with E-state index in [9.17, 15) is 4.79 Å². The summed E-state index contributed by atoms with van der Waals surface area (Å²) in [7, 11) is 0. The molecule has 112 valence electrons. The molecule has 0 fully saturated rings. The molecule has 4 heteroatoms. The maximum absolute atomic E-state index is 12.2. The van der Waals surface area contributed by atoms with Crippen molar-refractivity contribution in [3.05, 3.63) is 28.5 Å². The molecule has 1 heterocycles. The zero-order chi connectivity index (χ0) is 15.3. The van der Waals surface area contributed by atoms with E-state index >= 15 is 0 Å². The van der Waals surface area contributed by atoms with E-state index in [1.807, 2.05) is 6.92 Å². The minimum absolute atomic E-state index is 0.0738. The number of rotatable bonds is 6. The number of carbonyl (C=O) groups is 1. The fourth-order valence-corrected chi connectivity index (χ4v) is 2.64. The number of pyridine rings is 1. The Morgan fingerprint density at radius 1 is 1.25 bits per heavy atom. The van der Waals surface area contributed by atoms with Gasteiger partial charge in [-0.25, -0.2) is 4.98 Å². The van der Waals surface area contributed by atoms with Crippen LogP contribution >= 0.6 is 11.6 Å². The van der Waals surface area contributed by atoms with Crippen LogP contribution in [0.4, 0.5) is 0 Å². The van der Waals surface area contributed by atoms with E-state index in [0.29, 0.717) is 35.0 Å². The molecule has 0 saturated heterocycles. The second kappa shape index (κ2) is 7.63. The maximum Gasteiger partial charge on any atom is 0.251 e.